The molecule has 5 aromatic rings. The number of likely N-dealkylation sites (tertiary alicyclic amines) is 1. The first-order valence-corrected chi connectivity index (χ1v) is 16.3. The molecule has 7 rings (SSSR count). The highest BCUT2D eigenvalue weighted by molar-refractivity contribution is 6.32. The van der Waals surface area contributed by atoms with Crippen molar-refractivity contribution in [2.45, 2.75) is 25.1 Å². The van der Waals surface area contributed by atoms with Gasteiger partial charge < -0.3 is 19.7 Å². The lowest BCUT2D eigenvalue weighted by molar-refractivity contribution is -0.145. The van der Waals surface area contributed by atoms with Crippen LogP contribution in [0.15, 0.2) is 79.3 Å². The fraction of sp³-hybridized carbons (Fsp3) is 0.314. The van der Waals surface area contributed by atoms with Crippen LogP contribution in [0, 0.1) is 5.82 Å². The molecule has 2 saturated heterocycles. The van der Waals surface area contributed by atoms with Crippen molar-refractivity contribution in [3.05, 3.63) is 95.7 Å². The minimum absolute atomic E-state index is 0.150. The van der Waals surface area contributed by atoms with Gasteiger partial charge in [-0.05, 0) is 47.5 Å². The van der Waals surface area contributed by atoms with Crippen molar-refractivity contribution in [1.29, 1.82) is 0 Å². The molecule has 3 aromatic carbocycles. The van der Waals surface area contributed by atoms with Gasteiger partial charge in [-0.2, -0.15) is 10.2 Å². The molecule has 48 heavy (non-hydrogen) atoms. The van der Waals surface area contributed by atoms with Gasteiger partial charge in [0.15, 0.2) is 0 Å². The molecule has 4 heterocycles. The van der Waals surface area contributed by atoms with Gasteiger partial charge in [0.1, 0.15) is 23.7 Å². The molecule has 1 N–H and O–H groups in total. The fourth-order valence-corrected chi connectivity index (χ4v) is 6.68. The number of nitrogens with zero attached hydrogens (tertiary/aromatic N) is 6. The van der Waals surface area contributed by atoms with Crippen molar-refractivity contribution in [2.75, 3.05) is 46.4 Å². The van der Waals surface area contributed by atoms with Gasteiger partial charge in [0.2, 0.25) is 0 Å². The Morgan fingerprint density at radius 2 is 1.88 bits per heavy atom. The van der Waals surface area contributed by atoms with E-state index in [1.165, 1.54) is 47.3 Å². The standard InChI is InChI=1S/C35H35ClFN7O4/c1-47-35(46)33-18-27(21-43(33)34(45)24-19-39-44(20-24)32-9-8-25(37)17-30(32)36)48-26-5-2-4-23(16-26)28-6-3-7-31-29(28)22-42(40-31)15-14-41-12-10-38-11-13-41/h2-9,16-17,19-20,22,27,33,38H,10-15,18,21H2,1H3/t27-,33-/m0/s1. The van der Waals surface area contributed by atoms with Gasteiger partial charge >= 0.3 is 5.97 Å². The molecule has 248 valence electrons. The van der Waals surface area contributed by atoms with Gasteiger partial charge in [0, 0.05) is 56.9 Å². The van der Waals surface area contributed by atoms with E-state index in [4.69, 9.17) is 26.2 Å². The van der Waals surface area contributed by atoms with Gasteiger partial charge in [-0.25, -0.2) is 13.9 Å². The van der Waals surface area contributed by atoms with E-state index in [0.29, 0.717) is 11.4 Å². The van der Waals surface area contributed by atoms with Crippen LogP contribution in [-0.2, 0) is 16.1 Å². The highest BCUT2D eigenvalue weighted by atomic mass is 35.5. The van der Waals surface area contributed by atoms with E-state index in [2.05, 4.69) is 27.6 Å². The highest BCUT2D eigenvalue weighted by Gasteiger charge is 2.42. The normalized spacial score (nSPS) is 18.4. The van der Waals surface area contributed by atoms with E-state index in [1.807, 2.05) is 41.1 Å². The summed E-state index contributed by atoms with van der Waals surface area (Å²) >= 11 is 6.20. The molecule has 0 aliphatic carbocycles. The molecule has 2 fully saturated rings. The Labute approximate surface area is 281 Å². The Morgan fingerprint density at radius 1 is 1.04 bits per heavy atom. The molecule has 0 bridgehead atoms. The number of rotatable bonds is 9. The van der Waals surface area contributed by atoms with E-state index in [-0.39, 0.29) is 23.6 Å². The van der Waals surface area contributed by atoms with E-state index in [1.54, 1.807) is 0 Å². The summed E-state index contributed by atoms with van der Waals surface area (Å²) in [6.45, 7) is 6.06. The van der Waals surface area contributed by atoms with E-state index in [0.717, 1.165) is 61.3 Å². The lowest BCUT2D eigenvalue weighted by Crippen LogP contribution is -2.44. The largest absolute Gasteiger partial charge is 0.488 e. The van der Waals surface area contributed by atoms with Gasteiger partial charge in [-0.3, -0.25) is 14.4 Å². The number of benzene rings is 3. The summed E-state index contributed by atoms with van der Waals surface area (Å²) in [6.07, 6.45) is 4.80. The van der Waals surface area contributed by atoms with Crippen molar-refractivity contribution < 1.29 is 23.5 Å². The van der Waals surface area contributed by atoms with Crippen LogP contribution < -0.4 is 10.1 Å². The molecule has 2 aromatic heterocycles. The topological polar surface area (TPSA) is 107 Å². The zero-order valence-corrected chi connectivity index (χ0v) is 27.1. The third kappa shape index (κ3) is 6.64. The second-order valence-electron chi connectivity index (χ2n) is 12.0. The van der Waals surface area contributed by atoms with Crippen LogP contribution in [0.25, 0.3) is 27.7 Å². The minimum atomic E-state index is -0.839. The van der Waals surface area contributed by atoms with Crippen LogP contribution in [0.2, 0.25) is 5.02 Å². The summed E-state index contributed by atoms with van der Waals surface area (Å²) in [5, 5.41) is 13.7. The first-order valence-electron chi connectivity index (χ1n) is 15.9. The number of amides is 1. The SMILES string of the molecule is COC(=O)[C@@H]1C[C@H](Oc2cccc(-c3cccc4nn(CCN5CCNCC5)cc34)c2)CN1C(=O)c1cnn(-c2ccc(F)cc2Cl)c1. The second-order valence-corrected chi connectivity index (χ2v) is 12.4. The predicted molar refractivity (Wildman–Crippen MR) is 179 cm³/mol. The first kappa shape index (κ1) is 31.8. The molecule has 11 nitrogen and oxygen atoms in total. The average molecular weight is 672 g/mol. The Balaban J connectivity index is 1.07. The van der Waals surface area contributed by atoms with Crippen molar-refractivity contribution in [1.82, 2.24) is 34.7 Å². The zero-order chi connectivity index (χ0) is 33.2. The maximum Gasteiger partial charge on any atom is 0.328 e. The third-order valence-electron chi connectivity index (χ3n) is 8.88. The second kappa shape index (κ2) is 13.8. The van der Waals surface area contributed by atoms with E-state index < -0.39 is 29.8 Å². The molecule has 0 radical (unpaired) electrons. The van der Waals surface area contributed by atoms with Gasteiger partial charge in [0.25, 0.3) is 5.91 Å². The van der Waals surface area contributed by atoms with Crippen LogP contribution >= 0.6 is 11.6 Å². The van der Waals surface area contributed by atoms with Crippen LogP contribution in [0.4, 0.5) is 4.39 Å². The number of fused-ring (bicyclic) bond motifs is 1. The molecule has 0 spiro atoms. The summed E-state index contributed by atoms with van der Waals surface area (Å²) in [4.78, 5) is 30.4. The molecule has 1 amide bonds. The molecule has 2 atom stereocenters. The molecule has 0 saturated carbocycles. The maximum absolute atomic E-state index is 13.7. The number of carbonyl (C=O) groups excluding carboxylic acids is 2. The monoisotopic (exact) mass is 671 g/mol. The number of esters is 1. The number of methoxy groups -OCH3 is 1. The molecule has 2 aliphatic heterocycles. The van der Waals surface area contributed by atoms with E-state index in [9.17, 15) is 14.0 Å². The number of piperazine rings is 1. The quantitative estimate of drug-likeness (QED) is 0.230. The fourth-order valence-electron chi connectivity index (χ4n) is 6.43. The summed E-state index contributed by atoms with van der Waals surface area (Å²) < 4.78 is 28.4. The number of halogens is 2. The Kier molecular flexibility index (Phi) is 9.11. The number of hydrogen-bond donors (Lipinski definition) is 1. The number of aromatic nitrogens is 4. The highest BCUT2D eigenvalue weighted by Crippen LogP contribution is 2.32. The molecule has 13 heteroatoms. The van der Waals surface area contributed by atoms with Crippen LogP contribution in [0.1, 0.15) is 16.8 Å². The van der Waals surface area contributed by atoms with Crippen molar-refractivity contribution in [3.8, 4) is 22.6 Å². The van der Waals surface area contributed by atoms with Crippen LogP contribution in [0.3, 0.4) is 0 Å². The van der Waals surface area contributed by atoms with Crippen LogP contribution in [-0.4, -0.2) is 99.8 Å². The lowest BCUT2D eigenvalue weighted by Gasteiger charge is -2.26. The third-order valence-corrected chi connectivity index (χ3v) is 9.19. The smallest absolute Gasteiger partial charge is 0.328 e. The predicted octanol–water partition coefficient (Wildman–Crippen LogP) is 4.42. The Morgan fingerprint density at radius 3 is 2.69 bits per heavy atom. The van der Waals surface area contributed by atoms with Crippen molar-refractivity contribution in [2.24, 2.45) is 0 Å². The number of carbonyl (C=O) groups is 2. The number of nitrogens with one attached hydrogen (secondary N) is 1. The molecule has 0 unspecified atom stereocenters. The van der Waals surface area contributed by atoms with Crippen LogP contribution in [0.5, 0.6) is 5.75 Å². The summed E-state index contributed by atoms with van der Waals surface area (Å²) in [7, 11) is 1.30. The summed E-state index contributed by atoms with van der Waals surface area (Å²) in [5.74, 6) is -0.794. The number of ether oxygens (including phenoxy) is 2. The molecule has 2 aliphatic rings. The summed E-state index contributed by atoms with van der Waals surface area (Å²) in [5.41, 5.74) is 3.60. The van der Waals surface area contributed by atoms with E-state index >= 15 is 0 Å². The average Bonchev–Trinajstić information content (AvgIpc) is 3.86. The van der Waals surface area contributed by atoms with Gasteiger partial charge in [-0.1, -0.05) is 35.9 Å². The minimum Gasteiger partial charge on any atom is -0.488 e. The van der Waals surface area contributed by atoms with Gasteiger partial charge in [0.05, 0.1) is 48.2 Å². The first-order chi connectivity index (χ1) is 23.4. The number of hydrogen-bond acceptors (Lipinski definition) is 8. The van der Waals surface area contributed by atoms with Gasteiger partial charge in [-0.15, -0.1) is 0 Å². The zero-order valence-electron chi connectivity index (χ0n) is 26.4. The lowest BCUT2D eigenvalue weighted by atomic mass is 10.0. The van der Waals surface area contributed by atoms with Crippen molar-refractivity contribution in [3.63, 3.8) is 0 Å². The van der Waals surface area contributed by atoms with Crippen molar-refractivity contribution >= 4 is 34.4 Å². The summed E-state index contributed by atoms with van der Waals surface area (Å²) in [6, 6.07) is 17.0. The molecular formula is C35H35ClFN7O4. The Bertz CT molecular complexity index is 1960. The molecular weight excluding hydrogens is 637 g/mol. The Hall–Kier alpha value is -4.78. The maximum atomic E-state index is 13.7.